The molecule has 4 heteroatoms. The molecule has 4 nitrogen and oxygen atoms in total. The molecular weight excluding hydrogens is 298 g/mol. The standard InChI is InChI=1S/C20H26N3O/c1-3-23(4-2)13-9-10-17-18(11-13)24-19-12-16(21)14-7-5-6-8-15(14)20(19)22-17/h5-8,12,17-18,22H,3-4,9-11,21H2,1-2H3/q+1. The van der Waals surface area contributed by atoms with Crippen molar-refractivity contribution < 1.29 is 9.31 Å². The fraction of sp³-hybridized carbons (Fsp3) is 0.450. The summed E-state index contributed by atoms with van der Waals surface area (Å²) in [5.41, 5.74) is 9.66. The van der Waals surface area contributed by atoms with Crippen LogP contribution in [0.15, 0.2) is 30.3 Å². The number of hydrogen-bond donors (Lipinski definition) is 2. The molecular formula is C20H26N3O+. The molecule has 3 N–H and O–H groups in total. The van der Waals surface area contributed by atoms with Gasteiger partial charge in [0.2, 0.25) is 0 Å². The van der Waals surface area contributed by atoms with E-state index in [0.717, 1.165) is 60.2 Å². The summed E-state index contributed by atoms with van der Waals surface area (Å²) in [5.74, 6) is 0.897. The second kappa shape index (κ2) is 6.00. The third-order valence-electron chi connectivity index (χ3n) is 5.49. The number of benzene rings is 2. The number of anilines is 2. The first-order valence-electron chi connectivity index (χ1n) is 9.05. The number of fused-ring (bicyclic) bond motifs is 4. The van der Waals surface area contributed by atoms with E-state index in [9.17, 15) is 0 Å². The van der Waals surface area contributed by atoms with Crippen LogP contribution in [0.4, 0.5) is 11.4 Å². The summed E-state index contributed by atoms with van der Waals surface area (Å²) in [5, 5.41) is 6.00. The van der Waals surface area contributed by atoms with Crippen molar-refractivity contribution in [2.45, 2.75) is 45.3 Å². The molecule has 1 saturated carbocycles. The minimum atomic E-state index is 0.197. The lowest BCUT2D eigenvalue weighted by molar-refractivity contribution is -0.523. The van der Waals surface area contributed by atoms with E-state index in [1.54, 1.807) is 0 Å². The van der Waals surface area contributed by atoms with Gasteiger partial charge in [0.05, 0.1) is 18.2 Å². The molecule has 1 aliphatic carbocycles. The minimum absolute atomic E-state index is 0.197. The molecule has 2 aromatic rings. The van der Waals surface area contributed by atoms with Gasteiger partial charge in [-0.05, 0) is 20.3 Å². The van der Waals surface area contributed by atoms with Gasteiger partial charge in [-0.1, -0.05) is 24.3 Å². The van der Waals surface area contributed by atoms with Gasteiger partial charge in [0, 0.05) is 28.9 Å². The maximum Gasteiger partial charge on any atom is 0.156 e. The fourth-order valence-electron chi connectivity index (χ4n) is 4.20. The molecule has 0 saturated heterocycles. The molecule has 1 heterocycles. The third kappa shape index (κ3) is 2.41. The van der Waals surface area contributed by atoms with Gasteiger partial charge in [0.25, 0.3) is 0 Å². The number of rotatable bonds is 2. The lowest BCUT2D eigenvalue weighted by atomic mass is 9.88. The van der Waals surface area contributed by atoms with Crippen LogP contribution in [-0.4, -0.2) is 35.5 Å². The van der Waals surface area contributed by atoms with E-state index in [0.29, 0.717) is 6.04 Å². The van der Waals surface area contributed by atoms with E-state index < -0.39 is 0 Å². The Morgan fingerprint density at radius 3 is 2.71 bits per heavy atom. The number of ether oxygens (including phenoxy) is 1. The smallest absolute Gasteiger partial charge is 0.156 e. The quantitative estimate of drug-likeness (QED) is 0.655. The predicted octanol–water partition coefficient (Wildman–Crippen LogP) is 3.64. The lowest BCUT2D eigenvalue weighted by Gasteiger charge is -2.38. The maximum atomic E-state index is 6.40. The van der Waals surface area contributed by atoms with Crippen LogP contribution in [0.5, 0.6) is 5.75 Å². The zero-order valence-corrected chi connectivity index (χ0v) is 14.5. The number of hydrogen-bond acceptors (Lipinski definition) is 3. The van der Waals surface area contributed by atoms with Gasteiger partial charge in [0.1, 0.15) is 24.9 Å². The van der Waals surface area contributed by atoms with Crippen molar-refractivity contribution >= 4 is 27.9 Å². The van der Waals surface area contributed by atoms with Gasteiger partial charge < -0.3 is 15.8 Å². The highest BCUT2D eigenvalue weighted by molar-refractivity contribution is 6.04. The molecule has 24 heavy (non-hydrogen) atoms. The second-order valence-electron chi connectivity index (χ2n) is 6.77. The van der Waals surface area contributed by atoms with E-state index in [2.05, 4.69) is 41.9 Å². The van der Waals surface area contributed by atoms with Crippen molar-refractivity contribution in [1.82, 2.24) is 0 Å². The Kier molecular flexibility index (Phi) is 3.83. The molecule has 2 atom stereocenters. The molecule has 0 amide bonds. The van der Waals surface area contributed by atoms with E-state index in [1.165, 1.54) is 5.71 Å². The Balaban J connectivity index is 1.71. The highest BCUT2D eigenvalue weighted by atomic mass is 16.5. The third-order valence-corrected chi connectivity index (χ3v) is 5.49. The summed E-state index contributed by atoms with van der Waals surface area (Å²) in [6, 6.07) is 10.6. The average Bonchev–Trinajstić information content (AvgIpc) is 2.62. The molecule has 126 valence electrons. The predicted molar refractivity (Wildman–Crippen MR) is 100 cm³/mol. The largest absolute Gasteiger partial charge is 0.485 e. The van der Waals surface area contributed by atoms with E-state index >= 15 is 0 Å². The lowest BCUT2D eigenvalue weighted by Crippen LogP contribution is -2.47. The normalized spacial score (nSPS) is 22.3. The van der Waals surface area contributed by atoms with Crippen LogP contribution in [-0.2, 0) is 0 Å². The molecule has 2 unspecified atom stereocenters. The first-order chi connectivity index (χ1) is 11.7. The average molecular weight is 324 g/mol. The summed E-state index contributed by atoms with van der Waals surface area (Å²) < 4.78 is 8.88. The summed E-state index contributed by atoms with van der Waals surface area (Å²) in [6.45, 7) is 6.60. The number of nitrogen functional groups attached to an aromatic ring is 1. The molecule has 4 rings (SSSR count). The van der Waals surface area contributed by atoms with Crippen molar-refractivity contribution in [1.29, 1.82) is 0 Å². The Morgan fingerprint density at radius 1 is 1.21 bits per heavy atom. The van der Waals surface area contributed by atoms with Crippen molar-refractivity contribution in [3.63, 3.8) is 0 Å². The first-order valence-corrected chi connectivity index (χ1v) is 9.05. The van der Waals surface area contributed by atoms with E-state index in [-0.39, 0.29) is 6.10 Å². The molecule has 2 aromatic carbocycles. The van der Waals surface area contributed by atoms with Crippen LogP contribution in [0.2, 0.25) is 0 Å². The Morgan fingerprint density at radius 2 is 1.96 bits per heavy atom. The fourth-order valence-corrected chi connectivity index (χ4v) is 4.20. The maximum absolute atomic E-state index is 6.40. The van der Waals surface area contributed by atoms with Crippen molar-refractivity contribution in [3.8, 4) is 5.75 Å². The summed E-state index contributed by atoms with van der Waals surface area (Å²) in [4.78, 5) is 0. The zero-order valence-electron chi connectivity index (χ0n) is 14.5. The van der Waals surface area contributed by atoms with Crippen LogP contribution in [0, 0.1) is 0 Å². The number of nitrogens with zero attached hydrogens (tertiary/aromatic N) is 1. The van der Waals surface area contributed by atoms with Crippen molar-refractivity contribution in [3.05, 3.63) is 30.3 Å². The topological polar surface area (TPSA) is 50.3 Å². The second-order valence-corrected chi connectivity index (χ2v) is 6.77. The van der Waals surface area contributed by atoms with Gasteiger partial charge in [-0.3, -0.25) is 0 Å². The van der Waals surface area contributed by atoms with Gasteiger partial charge in [-0.15, -0.1) is 0 Å². The number of nitrogens with one attached hydrogen (secondary N) is 1. The van der Waals surface area contributed by atoms with Gasteiger partial charge >= 0.3 is 0 Å². The summed E-state index contributed by atoms with van der Waals surface area (Å²) >= 11 is 0. The Bertz CT molecular complexity index is 806. The minimum Gasteiger partial charge on any atom is -0.485 e. The number of nitrogens with two attached hydrogens (primary N) is 1. The summed E-state index contributed by atoms with van der Waals surface area (Å²) in [6.07, 6.45) is 3.48. The monoisotopic (exact) mass is 324 g/mol. The van der Waals surface area contributed by atoms with Gasteiger partial charge in [-0.2, -0.15) is 0 Å². The van der Waals surface area contributed by atoms with E-state index in [4.69, 9.17) is 10.5 Å². The van der Waals surface area contributed by atoms with Crippen molar-refractivity contribution in [2.75, 3.05) is 24.1 Å². The van der Waals surface area contributed by atoms with Crippen LogP contribution < -0.4 is 15.8 Å². The Hall–Kier alpha value is -2.23. The van der Waals surface area contributed by atoms with Crippen LogP contribution in [0.1, 0.15) is 33.1 Å². The molecule has 2 aliphatic rings. The molecule has 0 aromatic heterocycles. The van der Waals surface area contributed by atoms with Crippen molar-refractivity contribution in [2.24, 2.45) is 0 Å². The molecule has 0 spiro atoms. The summed E-state index contributed by atoms with van der Waals surface area (Å²) in [7, 11) is 0. The highest BCUT2D eigenvalue weighted by Gasteiger charge is 2.37. The van der Waals surface area contributed by atoms with E-state index in [1.807, 2.05) is 12.1 Å². The van der Waals surface area contributed by atoms with Crippen LogP contribution in [0.3, 0.4) is 0 Å². The SMILES string of the molecule is CC[N+](CC)=C1CCC2Nc3c(cc(N)c4ccccc34)OC2C1. The highest BCUT2D eigenvalue weighted by Crippen LogP contribution is 2.43. The van der Waals surface area contributed by atoms with Gasteiger partial charge in [-0.25, -0.2) is 4.58 Å². The Labute approximate surface area is 143 Å². The van der Waals surface area contributed by atoms with Crippen LogP contribution >= 0.6 is 0 Å². The van der Waals surface area contributed by atoms with Crippen LogP contribution in [0.25, 0.3) is 10.8 Å². The van der Waals surface area contributed by atoms with Gasteiger partial charge in [0.15, 0.2) is 5.71 Å². The first kappa shape index (κ1) is 15.3. The zero-order chi connectivity index (χ0) is 16.7. The molecule has 1 aliphatic heterocycles. The molecule has 0 radical (unpaired) electrons. The molecule has 0 bridgehead atoms. The molecule has 1 fully saturated rings.